The summed E-state index contributed by atoms with van der Waals surface area (Å²) in [5, 5.41) is 14.0. The summed E-state index contributed by atoms with van der Waals surface area (Å²) in [5.74, 6) is 0.660. The van der Waals surface area contributed by atoms with Crippen LogP contribution in [0.3, 0.4) is 0 Å². The largest absolute Gasteiger partial charge is 0.457 e. The van der Waals surface area contributed by atoms with Crippen molar-refractivity contribution in [2.24, 2.45) is 0 Å². The first-order chi connectivity index (χ1) is 12.9. The Morgan fingerprint density at radius 3 is 2.52 bits per heavy atom. The molecule has 0 saturated heterocycles. The van der Waals surface area contributed by atoms with Crippen LogP contribution in [-0.4, -0.2) is 10.8 Å². The smallest absolute Gasteiger partial charge is 0.289 e. The van der Waals surface area contributed by atoms with E-state index in [1.54, 1.807) is 24.3 Å². The van der Waals surface area contributed by atoms with Gasteiger partial charge < -0.3 is 9.73 Å². The van der Waals surface area contributed by atoms with E-state index in [0.717, 1.165) is 5.56 Å². The van der Waals surface area contributed by atoms with Crippen LogP contribution in [0.5, 0.6) is 0 Å². The average Bonchev–Trinajstić information content (AvgIpc) is 3.11. The minimum Gasteiger partial charge on any atom is -0.457 e. The summed E-state index contributed by atoms with van der Waals surface area (Å²) in [6, 6.07) is 14.7. The molecule has 1 heterocycles. The van der Waals surface area contributed by atoms with Gasteiger partial charge in [-0.25, -0.2) is 0 Å². The molecule has 0 saturated carbocycles. The SMILES string of the molecule is O=C(C=Cc1ccc(-c2ccc(Cl)cc2)o1)Nc1ccc(Cl)c([N+](=O)[O-])c1. The number of nitrogens with zero attached hydrogens (tertiary/aromatic N) is 1. The quantitative estimate of drug-likeness (QED) is 0.331. The molecule has 0 fully saturated rings. The van der Waals surface area contributed by atoms with Crippen molar-refractivity contribution in [1.29, 1.82) is 0 Å². The van der Waals surface area contributed by atoms with Gasteiger partial charge in [-0.15, -0.1) is 0 Å². The first kappa shape index (κ1) is 18.7. The van der Waals surface area contributed by atoms with Crippen molar-refractivity contribution in [2.45, 2.75) is 0 Å². The van der Waals surface area contributed by atoms with E-state index >= 15 is 0 Å². The van der Waals surface area contributed by atoms with E-state index in [0.29, 0.717) is 16.5 Å². The first-order valence-corrected chi connectivity index (χ1v) is 8.47. The lowest BCUT2D eigenvalue weighted by Crippen LogP contribution is -2.07. The average molecular weight is 403 g/mol. The van der Waals surface area contributed by atoms with Gasteiger partial charge in [0, 0.05) is 28.4 Å². The van der Waals surface area contributed by atoms with Crippen molar-refractivity contribution in [3.8, 4) is 11.3 Å². The fraction of sp³-hybridized carbons (Fsp3) is 0. The third kappa shape index (κ3) is 4.75. The summed E-state index contributed by atoms with van der Waals surface area (Å²) in [4.78, 5) is 22.3. The number of hydrogen-bond acceptors (Lipinski definition) is 4. The van der Waals surface area contributed by atoms with Crippen molar-refractivity contribution < 1.29 is 14.1 Å². The highest BCUT2D eigenvalue weighted by Gasteiger charge is 2.13. The fourth-order valence-electron chi connectivity index (χ4n) is 2.28. The number of nitro groups is 1. The van der Waals surface area contributed by atoms with Gasteiger partial charge in [-0.3, -0.25) is 14.9 Å². The van der Waals surface area contributed by atoms with Crippen LogP contribution in [0.15, 0.2) is 65.1 Å². The van der Waals surface area contributed by atoms with Crippen LogP contribution >= 0.6 is 23.2 Å². The molecule has 3 rings (SSSR count). The molecule has 1 amide bonds. The summed E-state index contributed by atoms with van der Waals surface area (Å²) in [6.45, 7) is 0. The van der Waals surface area contributed by atoms with Gasteiger partial charge in [-0.1, -0.05) is 23.2 Å². The van der Waals surface area contributed by atoms with Crippen molar-refractivity contribution >= 4 is 46.6 Å². The molecule has 0 atom stereocenters. The number of halogens is 2. The summed E-state index contributed by atoms with van der Waals surface area (Å²) < 4.78 is 5.66. The number of hydrogen-bond donors (Lipinski definition) is 1. The number of nitrogens with one attached hydrogen (secondary N) is 1. The molecule has 1 N–H and O–H groups in total. The maximum absolute atomic E-state index is 12.0. The highest BCUT2D eigenvalue weighted by Crippen LogP contribution is 2.27. The number of nitro benzene ring substituents is 1. The van der Waals surface area contributed by atoms with Gasteiger partial charge in [-0.2, -0.15) is 0 Å². The summed E-state index contributed by atoms with van der Waals surface area (Å²) in [7, 11) is 0. The molecule has 0 aliphatic heterocycles. The lowest BCUT2D eigenvalue weighted by atomic mass is 10.2. The topological polar surface area (TPSA) is 85.4 Å². The maximum Gasteiger partial charge on any atom is 0.289 e. The second-order valence-electron chi connectivity index (χ2n) is 5.45. The molecule has 2 aromatic carbocycles. The number of anilines is 1. The van der Waals surface area contributed by atoms with Crippen LogP contribution in [-0.2, 0) is 4.79 Å². The maximum atomic E-state index is 12.0. The van der Waals surface area contributed by atoms with E-state index in [-0.39, 0.29) is 16.4 Å². The Bertz CT molecular complexity index is 1030. The van der Waals surface area contributed by atoms with Crippen LogP contribution in [0.25, 0.3) is 17.4 Å². The Morgan fingerprint density at radius 1 is 1.07 bits per heavy atom. The van der Waals surface area contributed by atoms with E-state index in [1.807, 2.05) is 12.1 Å². The van der Waals surface area contributed by atoms with Gasteiger partial charge >= 0.3 is 0 Å². The summed E-state index contributed by atoms with van der Waals surface area (Å²) in [5.41, 5.74) is 0.844. The van der Waals surface area contributed by atoms with Crippen LogP contribution in [0.1, 0.15) is 5.76 Å². The Labute approximate surface area is 164 Å². The second kappa shape index (κ2) is 8.07. The van der Waals surface area contributed by atoms with Gasteiger partial charge in [0.2, 0.25) is 5.91 Å². The number of rotatable bonds is 5. The minimum atomic E-state index is -0.616. The van der Waals surface area contributed by atoms with E-state index in [2.05, 4.69) is 5.32 Å². The molecule has 1 aromatic heterocycles. The summed E-state index contributed by atoms with van der Waals surface area (Å²) >= 11 is 11.6. The number of furan rings is 1. The van der Waals surface area contributed by atoms with Gasteiger partial charge in [0.15, 0.2) is 0 Å². The van der Waals surface area contributed by atoms with E-state index in [9.17, 15) is 14.9 Å². The third-order valence-electron chi connectivity index (χ3n) is 3.56. The van der Waals surface area contributed by atoms with Crippen molar-refractivity contribution in [1.82, 2.24) is 0 Å². The Balaban J connectivity index is 1.68. The van der Waals surface area contributed by atoms with Crippen molar-refractivity contribution in [3.05, 3.63) is 86.6 Å². The Hall–Kier alpha value is -3.09. The lowest BCUT2D eigenvalue weighted by molar-refractivity contribution is -0.384. The molecule has 0 bridgehead atoms. The number of carbonyl (C=O) groups is 1. The van der Waals surface area contributed by atoms with Gasteiger partial charge in [0.05, 0.1) is 4.92 Å². The van der Waals surface area contributed by atoms with E-state index < -0.39 is 10.8 Å². The van der Waals surface area contributed by atoms with Gasteiger partial charge in [-0.05, 0) is 54.6 Å². The molecule has 0 aliphatic carbocycles. The van der Waals surface area contributed by atoms with E-state index in [1.165, 1.54) is 30.4 Å². The van der Waals surface area contributed by atoms with Gasteiger partial charge in [0.25, 0.3) is 5.69 Å². The van der Waals surface area contributed by atoms with Crippen LogP contribution in [0.4, 0.5) is 11.4 Å². The fourth-order valence-corrected chi connectivity index (χ4v) is 2.60. The van der Waals surface area contributed by atoms with Crippen LogP contribution in [0, 0.1) is 10.1 Å². The molecule has 3 aromatic rings. The van der Waals surface area contributed by atoms with Crippen molar-refractivity contribution in [3.63, 3.8) is 0 Å². The Morgan fingerprint density at radius 2 is 1.81 bits per heavy atom. The second-order valence-corrected chi connectivity index (χ2v) is 6.30. The van der Waals surface area contributed by atoms with E-state index in [4.69, 9.17) is 27.6 Å². The molecular formula is C19H12Cl2N2O4. The zero-order valence-corrected chi connectivity index (χ0v) is 15.2. The van der Waals surface area contributed by atoms with Gasteiger partial charge in [0.1, 0.15) is 16.5 Å². The lowest BCUT2D eigenvalue weighted by Gasteiger charge is -2.02. The van der Waals surface area contributed by atoms with Crippen LogP contribution in [0.2, 0.25) is 10.0 Å². The molecule has 0 radical (unpaired) electrons. The highest BCUT2D eigenvalue weighted by molar-refractivity contribution is 6.32. The first-order valence-electron chi connectivity index (χ1n) is 7.71. The molecule has 136 valence electrons. The number of amides is 1. The number of benzene rings is 2. The molecule has 6 nitrogen and oxygen atoms in total. The monoisotopic (exact) mass is 402 g/mol. The van der Waals surface area contributed by atoms with Crippen LogP contribution < -0.4 is 5.32 Å². The summed E-state index contributed by atoms with van der Waals surface area (Å²) in [6.07, 6.45) is 2.77. The zero-order chi connectivity index (χ0) is 19.4. The standard InChI is InChI=1S/C19H12Cl2N2O4/c20-13-3-1-12(2-4-13)18-9-6-15(27-18)7-10-19(24)22-14-5-8-16(21)17(11-14)23(25)26/h1-11H,(H,22,24). The van der Waals surface area contributed by atoms with Crippen molar-refractivity contribution in [2.75, 3.05) is 5.32 Å². The molecule has 0 unspecified atom stereocenters. The predicted octanol–water partition coefficient (Wildman–Crippen LogP) is 5.81. The normalized spacial score (nSPS) is 10.9. The Kier molecular flexibility index (Phi) is 5.59. The molecular weight excluding hydrogens is 391 g/mol. The molecule has 0 aliphatic rings. The molecule has 0 spiro atoms. The highest BCUT2D eigenvalue weighted by atomic mass is 35.5. The molecule has 8 heteroatoms. The number of carbonyl (C=O) groups excluding carboxylic acids is 1. The zero-order valence-electron chi connectivity index (χ0n) is 13.7. The predicted molar refractivity (Wildman–Crippen MR) is 105 cm³/mol. The third-order valence-corrected chi connectivity index (χ3v) is 4.14. The molecule has 27 heavy (non-hydrogen) atoms. The minimum absolute atomic E-state index is 0.00106.